The quantitative estimate of drug-likeness (QED) is 0.777. The average Bonchev–Trinajstić information content (AvgIpc) is 3.08. The lowest BCUT2D eigenvalue weighted by molar-refractivity contribution is 0.581. The summed E-state index contributed by atoms with van der Waals surface area (Å²) < 4.78 is 26.8. The van der Waals surface area contributed by atoms with Crippen LogP contribution >= 0.6 is 11.6 Å². The van der Waals surface area contributed by atoms with Crippen LogP contribution < -0.4 is 10.4 Å². The number of benzene rings is 1. The van der Waals surface area contributed by atoms with E-state index in [1.165, 1.54) is 18.2 Å². The van der Waals surface area contributed by atoms with E-state index in [1.807, 2.05) is 0 Å². The van der Waals surface area contributed by atoms with Gasteiger partial charge in [0.25, 0.3) is 0 Å². The highest BCUT2D eigenvalue weighted by Crippen LogP contribution is 2.28. The highest BCUT2D eigenvalue weighted by atomic mass is 35.5. The summed E-state index contributed by atoms with van der Waals surface area (Å²) in [4.78, 5) is 13.6. The highest BCUT2D eigenvalue weighted by Gasteiger charge is 2.28. The van der Waals surface area contributed by atoms with Crippen molar-refractivity contribution in [3.63, 3.8) is 0 Å². The molecule has 1 aliphatic carbocycles. The van der Waals surface area contributed by atoms with Crippen molar-refractivity contribution >= 4 is 21.6 Å². The van der Waals surface area contributed by atoms with Gasteiger partial charge < -0.3 is 0 Å². The van der Waals surface area contributed by atoms with Crippen LogP contribution in [0.15, 0.2) is 27.9 Å². The topological polar surface area (TPSA) is 108 Å². The fourth-order valence-electron chi connectivity index (χ4n) is 1.74. The summed E-state index contributed by atoms with van der Waals surface area (Å²) in [7, 11) is -3.58. The Kier molecular flexibility index (Phi) is 3.15. The third-order valence-corrected chi connectivity index (χ3v) is 4.75. The fourth-order valence-corrected chi connectivity index (χ4v) is 3.28. The second-order valence-corrected chi connectivity index (χ2v) is 6.68. The molecule has 0 radical (unpaired) electrons. The van der Waals surface area contributed by atoms with Crippen LogP contribution in [0.2, 0.25) is 5.02 Å². The third kappa shape index (κ3) is 2.62. The molecule has 2 aromatic rings. The molecule has 1 aliphatic rings. The van der Waals surface area contributed by atoms with E-state index in [9.17, 15) is 13.2 Å². The zero-order valence-electron chi connectivity index (χ0n) is 10.2. The van der Waals surface area contributed by atoms with Crippen LogP contribution in [0.5, 0.6) is 0 Å². The number of nitrogens with zero attached hydrogens (tertiary/aromatic N) is 1. The zero-order valence-corrected chi connectivity index (χ0v) is 11.8. The smallest absolute Gasteiger partial charge is 0.289 e. The number of hydrogen-bond acceptors (Lipinski definition) is 4. The van der Waals surface area contributed by atoms with Gasteiger partial charge in [0, 0.05) is 11.6 Å². The maximum atomic E-state index is 12.1. The summed E-state index contributed by atoms with van der Waals surface area (Å²) in [5.74, 6) is 0.198. The minimum Gasteiger partial charge on any atom is -0.289 e. The molecule has 1 aromatic heterocycles. The number of rotatable bonds is 4. The second kappa shape index (κ2) is 4.72. The molecule has 1 heterocycles. The van der Waals surface area contributed by atoms with Crippen molar-refractivity contribution in [2.24, 2.45) is 0 Å². The van der Waals surface area contributed by atoms with Crippen molar-refractivity contribution in [2.45, 2.75) is 23.8 Å². The fraction of sp³-hybridized carbons (Fsp3) is 0.273. The molecule has 0 saturated heterocycles. The van der Waals surface area contributed by atoms with Crippen molar-refractivity contribution < 1.29 is 8.42 Å². The summed E-state index contributed by atoms with van der Waals surface area (Å²) in [5, 5.41) is 6.26. The number of hydrogen-bond donors (Lipinski definition) is 3. The minimum absolute atomic E-state index is 0.0179. The molecule has 3 rings (SSSR count). The van der Waals surface area contributed by atoms with E-state index >= 15 is 0 Å². The monoisotopic (exact) mass is 314 g/mol. The van der Waals surface area contributed by atoms with Crippen LogP contribution in [0.25, 0.3) is 11.4 Å². The van der Waals surface area contributed by atoms with Gasteiger partial charge in [-0.25, -0.2) is 23.0 Å². The number of nitrogens with one attached hydrogen (secondary N) is 3. The lowest BCUT2D eigenvalue weighted by Crippen LogP contribution is -2.25. The number of halogens is 1. The van der Waals surface area contributed by atoms with E-state index in [2.05, 4.69) is 19.9 Å². The molecule has 0 aliphatic heterocycles. The van der Waals surface area contributed by atoms with Crippen LogP contribution in [0.1, 0.15) is 12.8 Å². The molecule has 1 saturated carbocycles. The Bertz CT molecular complexity index is 807. The molecule has 0 atom stereocenters. The van der Waals surface area contributed by atoms with Crippen molar-refractivity contribution in [2.75, 3.05) is 0 Å². The molecule has 0 bridgehead atoms. The van der Waals surface area contributed by atoms with E-state index < -0.39 is 15.7 Å². The maximum absolute atomic E-state index is 12.1. The van der Waals surface area contributed by atoms with Crippen LogP contribution in [0.4, 0.5) is 0 Å². The molecule has 20 heavy (non-hydrogen) atoms. The average molecular weight is 315 g/mol. The Labute approximate surface area is 119 Å². The molecule has 1 fully saturated rings. The molecule has 9 heteroatoms. The molecule has 106 valence electrons. The van der Waals surface area contributed by atoms with Gasteiger partial charge in [-0.1, -0.05) is 11.6 Å². The van der Waals surface area contributed by atoms with Gasteiger partial charge in [-0.3, -0.25) is 4.98 Å². The third-order valence-electron chi connectivity index (χ3n) is 2.90. The van der Waals surface area contributed by atoms with Gasteiger partial charge in [-0.05, 0) is 31.0 Å². The summed E-state index contributed by atoms with van der Waals surface area (Å²) in [6, 6.07) is 4.29. The largest absolute Gasteiger partial charge is 0.340 e. The van der Waals surface area contributed by atoms with Crippen molar-refractivity contribution in [3.05, 3.63) is 33.7 Å². The van der Waals surface area contributed by atoms with Gasteiger partial charge in [0.05, 0.1) is 9.92 Å². The van der Waals surface area contributed by atoms with E-state index in [0.29, 0.717) is 10.6 Å². The lowest BCUT2D eigenvalue weighted by Gasteiger charge is -2.07. The van der Waals surface area contributed by atoms with Crippen molar-refractivity contribution in [3.8, 4) is 11.4 Å². The number of H-pyrrole nitrogens is 2. The van der Waals surface area contributed by atoms with Gasteiger partial charge in [0.15, 0.2) is 5.82 Å². The van der Waals surface area contributed by atoms with Crippen molar-refractivity contribution in [1.82, 2.24) is 19.9 Å². The van der Waals surface area contributed by atoms with Crippen LogP contribution in [0, 0.1) is 0 Å². The van der Waals surface area contributed by atoms with Gasteiger partial charge in [0.1, 0.15) is 0 Å². The van der Waals surface area contributed by atoms with Crippen molar-refractivity contribution in [1.29, 1.82) is 0 Å². The van der Waals surface area contributed by atoms with Crippen LogP contribution in [-0.2, 0) is 10.0 Å². The first-order valence-corrected chi connectivity index (χ1v) is 7.79. The Morgan fingerprint density at radius 1 is 1.35 bits per heavy atom. The molecule has 0 spiro atoms. The van der Waals surface area contributed by atoms with E-state index in [-0.39, 0.29) is 16.8 Å². The predicted octanol–water partition coefficient (Wildman–Crippen LogP) is 0.859. The summed E-state index contributed by atoms with van der Waals surface area (Å²) >= 11 is 6.02. The molecule has 1 aromatic carbocycles. The molecule has 3 N–H and O–H groups in total. The maximum Gasteiger partial charge on any atom is 0.340 e. The normalized spacial score (nSPS) is 15.4. The van der Waals surface area contributed by atoms with E-state index in [0.717, 1.165) is 12.8 Å². The van der Waals surface area contributed by atoms with Gasteiger partial charge in [-0.2, -0.15) is 5.10 Å². The van der Waals surface area contributed by atoms with Gasteiger partial charge in [-0.15, -0.1) is 0 Å². The molecule has 0 amide bonds. The van der Waals surface area contributed by atoms with E-state index in [4.69, 9.17) is 11.6 Å². The Morgan fingerprint density at radius 3 is 2.70 bits per heavy atom. The van der Waals surface area contributed by atoms with Crippen LogP contribution in [-0.4, -0.2) is 29.6 Å². The number of aromatic nitrogens is 3. The summed E-state index contributed by atoms with van der Waals surface area (Å²) in [6.45, 7) is 0. The van der Waals surface area contributed by atoms with Crippen LogP contribution in [0.3, 0.4) is 0 Å². The molecular weight excluding hydrogens is 304 g/mol. The second-order valence-electron chi connectivity index (χ2n) is 4.56. The first-order valence-electron chi connectivity index (χ1n) is 5.93. The van der Waals surface area contributed by atoms with Gasteiger partial charge in [0.2, 0.25) is 10.0 Å². The van der Waals surface area contributed by atoms with E-state index in [1.54, 1.807) is 0 Å². The standard InChI is InChI=1S/C11H11ClN4O3S/c12-9-4-3-7(20(18,19)16-6-1-2-6)5-8(9)10-13-11(17)15-14-10/h3-6,16H,1-2H2,(H2,13,14,15,17). The molecule has 0 unspecified atom stereocenters. The summed E-state index contributed by atoms with van der Waals surface area (Å²) in [5.41, 5.74) is -0.135. The number of aromatic amines is 2. The molecule has 7 nitrogen and oxygen atoms in total. The predicted molar refractivity (Wildman–Crippen MR) is 73.0 cm³/mol. The zero-order chi connectivity index (χ0) is 14.3. The minimum atomic E-state index is -3.58. The van der Waals surface area contributed by atoms with Gasteiger partial charge >= 0.3 is 5.69 Å². The Hall–Kier alpha value is -1.64. The first kappa shape index (κ1) is 13.3. The SMILES string of the molecule is O=c1[nH]nc(-c2cc(S(=O)(=O)NC3CC3)ccc2Cl)[nH]1. The first-order chi connectivity index (χ1) is 9.45. The molecular formula is C11H11ClN4O3S. The Balaban J connectivity index is 2.04. The summed E-state index contributed by atoms with van der Waals surface area (Å²) in [6.07, 6.45) is 1.71. The lowest BCUT2D eigenvalue weighted by atomic mass is 10.2. The number of sulfonamides is 1. The Morgan fingerprint density at radius 2 is 2.10 bits per heavy atom. The highest BCUT2D eigenvalue weighted by molar-refractivity contribution is 7.89.